The standard InChI is InChI=1S/C19H21F7/c1-2-3-11-4-9-5-13(20)17(14(21)8-12(9)19(11,25)26)10-6-15(22)18(24)16(23)7-10/h6-7,9,11-14,17H,2-5,8H2,1H3. The lowest BCUT2D eigenvalue weighted by molar-refractivity contribution is -0.0902. The Hall–Kier alpha value is -1.27. The van der Waals surface area contributed by atoms with Crippen molar-refractivity contribution in [3.05, 3.63) is 35.1 Å². The van der Waals surface area contributed by atoms with E-state index in [0.29, 0.717) is 25.0 Å². The van der Waals surface area contributed by atoms with Crippen LogP contribution in [0.4, 0.5) is 30.7 Å². The summed E-state index contributed by atoms with van der Waals surface area (Å²) in [5.74, 6) is -12.3. The van der Waals surface area contributed by atoms with Gasteiger partial charge in [0, 0.05) is 17.8 Å². The molecule has 0 aromatic heterocycles. The summed E-state index contributed by atoms with van der Waals surface area (Å²) in [6, 6.07) is 1.11. The first-order chi connectivity index (χ1) is 12.2. The van der Waals surface area contributed by atoms with Crippen LogP contribution < -0.4 is 0 Å². The maximum absolute atomic E-state index is 14.8. The minimum Gasteiger partial charge on any atom is -0.247 e. The molecule has 0 heterocycles. The number of hydrogen-bond donors (Lipinski definition) is 0. The van der Waals surface area contributed by atoms with Crippen LogP contribution in [0.2, 0.25) is 0 Å². The van der Waals surface area contributed by atoms with Gasteiger partial charge in [-0.1, -0.05) is 13.3 Å². The number of halogens is 7. The number of alkyl halides is 4. The van der Waals surface area contributed by atoms with E-state index in [-0.39, 0.29) is 18.4 Å². The van der Waals surface area contributed by atoms with E-state index in [0.717, 1.165) is 0 Å². The van der Waals surface area contributed by atoms with Crippen molar-refractivity contribution in [2.75, 3.05) is 0 Å². The molecular formula is C19H21F7. The lowest BCUT2D eigenvalue weighted by Crippen LogP contribution is -2.33. The first-order valence-electron chi connectivity index (χ1n) is 8.97. The van der Waals surface area contributed by atoms with E-state index in [9.17, 15) is 30.7 Å². The van der Waals surface area contributed by atoms with Gasteiger partial charge in [-0.15, -0.1) is 0 Å². The Labute approximate surface area is 147 Å². The topological polar surface area (TPSA) is 0 Å². The van der Waals surface area contributed by atoms with E-state index in [4.69, 9.17) is 0 Å². The van der Waals surface area contributed by atoms with Crippen LogP contribution in [0.1, 0.15) is 50.5 Å². The van der Waals surface area contributed by atoms with E-state index >= 15 is 0 Å². The third-order valence-electron chi connectivity index (χ3n) is 6.01. The van der Waals surface area contributed by atoms with Crippen LogP contribution in [-0.2, 0) is 0 Å². The van der Waals surface area contributed by atoms with Gasteiger partial charge in [-0.2, -0.15) is 0 Å². The van der Waals surface area contributed by atoms with Crippen molar-refractivity contribution in [3.8, 4) is 0 Å². The molecule has 1 aromatic rings. The first-order valence-corrected chi connectivity index (χ1v) is 8.97. The lowest BCUT2D eigenvalue weighted by atomic mass is 9.86. The van der Waals surface area contributed by atoms with Gasteiger partial charge < -0.3 is 0 Å². The molecule has 2 aliphatic rings. The third-order valence-corrected chi connectivity index (χ3v) is 6.01. The summed E-state index contributed by atoms with van der Waals surface area (Å²) in [5, 5.41) is 0. The van der Waals surface area contributed by atoms with Crippen molar-refractivity contribution in [3.63, 3.8) is 0 Å². The molecule has 0 aliphatic heterocycles. The molecule has 6 atom stereocenters. The smallest absolute Gasteiger partial charge is 0.247 e. The number of hydrogen-bond acceptors (Lipinski definition) is 0. The molecule has 2 saturated carbocycles. The van der Waals surface area contributed by atoms with Crippen molar-refractivity contribution >= 4 is 0 Å². The van der Waals surface area contributed by atoms with E-state index in [1.165, 1.54) is 0 Å². The van der Waals surface area contributed by atoms with Crippen LogP contribution in [0.15, 0.2) is 12.1 Å². The lowest BCUT2D eigenvalue weighted by Gasteiger charge is -2.27. The van der Waals surface area contributed by atoms with Gasteiger partial charge in [0.15, 0.2) is 17.5 Å². The fourth-order valence-corrected chi connectivity index (χ4v) is 4.81. The third kappa shape index (κ3) is 3.22. The van der Waals surface area contributed by atoms with Crippen molar-refractivity contribution in [1.82, 2.24) is 0 Å². The second-order valence-electron chi connectivity index (χ2n) is 7.59. The molecule has 3 rings (SSSR count). The van der Waals surface area contributed by atoms with Crippen molar-refractivity contribution < 1.29 is 30.7 Å². The second-order valence-corrected chi connectivity index (χ2v) is 7.59. The molecule has 0 radical (unpaired) electrons. The average Bonchev–Trinajstić information content (AvgIpc) is 2.69. The fourth-order valence-electron chi connectivity index (χ4n) is 4.81. The molecular weight excluding hydrogens is 361 g/mol. The molecule has 0 spiro atoms. The van der Waals surface area contributed by atoms with Crippen LogP contribution in [0.5, 0.6) is 0 Å². The summed E-state index contributed by atoms with van der Waals surface area (Å²) in [7, 11) is 0. The van der Waals surface area contributed by atoms with Crippen LogP contribution in [-0.4, -0.2) is 18.3 Å². The Balaban J connectivity index is 1.90. The van der Waals surface area contributed by atoms with Crippen molar-refractivity contribution in [2.45, 2.75) is 63.2 Å². The highest BCUT2D eigenvalue weighted by molar-refractivity contribution is 5.26. The minimum absolute atomic E-state index is 0.123. The molecule has 2 aliphatic carbocycles. The summed E-state index contributed by atoms with van der Waals surface area (Å²) in [6.07, 6.45) is -3.75. The Morgan fingerprint density at radius 1 is 0.962 bits per heavy atom. The van der Waals surface area contributed by atoms with Gasteiger partial charge in [-0.25, -0.2) is 30.7 Å². The Morgan fingerprint density at radius 3 is 2.12 bits per heavy atom. The SMILES string of the molecule is CCCC1CC2CC(F)C(c3cc(F)c(F)c(F)c3)C(F)CC2C1(F)F. The monoisotopic (exact) mass is 382 g/mol. The zero-order valence-electron chi connectivity index (χ0n) is 14.3. The molecule has 1 aromatic carbocycles. The van der Waals surface area contributed by atoms with E-state index < -0.39 is 65.8 Å². The van der Waals surface area contributed by atoms with Crippen LogP contribution in [0, 0.1) is 35.2 Å². The van der Waals surface area contributed by atoms with Crippen LogP contribution in [0.3, 0.4) is 0 Å². The van der Waals surface area contributed by atoms with Gasteiger partial charge in [0.25, 0.3) is 5.92 Å². The molecule has 0 N–H and O–H groups in total. The largest absolute Gasteiger partial charge is 0.254 e. The number of rotatable bonds is 3. The van der Waals surface area contributed by atoms with Gasteiger partial charge in [-0.05, 0) is 49.3 Å². The summed E-state index contributed by atoms with van der Waals surface area (Å²) < 4.78 is 98.9. The molecule has 146 valence electrons. The molecule has 0 bridgehead atoms. The Bertz CT molecular complexity index is 636. The maximum Gasteiger partial charge on any atom is 0.254 e. The Morgan fingerprint density at radius 2 is 1.54 bits per heavy atom. The van der Waals surface area contributed by atoms with Gasteiger partial charge in [0.05, 0.1) is 0 Å². The molecule has 26 heavy (non-hydrogen) atoms. The van der Waals surface area contributed by atoms with E-state index in [2.05, 4.69) is 0 Å². The number of benzene rings is 1. The zero-order chi connectivity index (χ0) is 19.2. The van der Waals surface area contributed by atoms with Crippen LogP contribution in [0.25, 0.3) is 0 Å². The highest BCUT2D eigenvalue weighted by Crippen LogP contribution is 2.57. The molecule has 6 unspecified atom stereocenters. The second kappa shape index (κ2) is 7.04. The zero-order valence-corrected chi connectivity index (χ0v) is 14.3. The highest BCUT2D eigenvalue weighted by Gasteiger charge is 2.59. The molecule has 7 heteroatoms. The highest BCUT2D eigenvalue weighted by atomic mass is 19.3. The number of fused-ring (bicyclic) bond motifs is 1. The van der Waals surface area contributed by atoms with Crippen LogP contribution >= 0.6 is 0 Å². The normalized spacial score (nSPS) is 36.6. The summed E-state index contributed by atoms with van der Waals surface area (Å²) in [4.78, 5) is 0. The van der Waals surface area contributed by atoms with Gasteiger partial charge in [0.1, 0.15) is 12.3 Å². The summed E-state index contributed by atoms with van der Waals surface area (Å²) in [6.45, 7) is 1.79. The van der Waals surface area contributed by atoms with E-state index in [1.54, 1.807) is 6.92 Å². The quantitative estimate of drug-likeness (QED) is 0.422. The predicted molar refractivity (Wildman–Crippen MR) is 83.0 cm³/mol. The molecule has 0 amide bonds. The molecule has 0 saturated heterocycles. The van der Waals surface area contributed by atoms with Crippen molar-refractivity contribution in [2.24, 2.45) is 17.8 Å². The predicted octanol–water partition coefficient (Wildman–Crippen LogP) is 6.35. The average molecular weight is 382 g/mol. The van der Waals surface area contributed by atoms with Gasteiger partial charge >= 0.3 is 0 Å². The summed E-state index contributed by atoms with van der Waals surface area (Å²) >= 11 is 0. The first kappa shape index (κ1) is 19.5. The van der Waals surface area contributed by atoms with E-state index in [1.807, 2.05) is 0 Å². The molecule has 0 nitrogen and oxygen atoms in total. The fraction of sp³-hybridized carbons (Fsp3) is 0.684. The van der Waals surface area contributed by atoms with Gasteiger partial charge in [-0.3, -0.25) is 0 Å². The van der Waals surface area contributed by atoms with Crippen molar-refractivity contribution in [1.29, 1.82) is 0 Å². The van der Waals surface area contributed by atoms with Gasteiger partial charge in [0.2, 0.25) is 0 Å². The maximum atomic E-state index is 14.8. The Kier molecular flexibility index (Phi) is 5.28. The summed E-state index contributed by atoms with van der Waals surface area (Å²) in [5.41, 5.74) is -0.366. The minimum atomic E-state index is -3.08. The molecule has 2 fully saturated rings.